The highest BCUT2D eigenvalue weighted by Gasteiger charge is 2.55. The molecule has 4 atom stereocenters. The summed E-state index contributed by atoms with van der Waals surface area (Å²) >= 11 is 6.56. The van der Waals surface area contributed by atoms with Crippen molar-refractivity contribution in [3.63, 3.8) is 0 Å². The van der Waals surface area contributed by atoms with Gasteiger partial charge in [0.25, 0.3) is 0 Å². The van der Waals surface area contributed by atoms with Gasteiger partial charge in [-0.2, -0.15) is 0 Å². The molecule has 33 heavy (non-hydrogen) atoms. The van der Waals surface area contributed by atoms with Crippen LogP contribution in [0.3, 0.4) is 0 Å². The summed E-state index contributed by atoms with van der Waals surface area (Å²) < 4.78 is 0. The first kappa shape index (κ1) is 21.4. The second-order valence-corrected chi connectivity index (χ2v) is 10.7. The zero-order valence-corrected chi connectivity index (χ0v) is 19.9. The van der Waals surface area contributed by atoms with Crippen LogP contribution in [0.5, 0.6) is 0 Å². The third-order valence-corrected chi connectivity index (χ3v) is 8.89. The van der Waals surface area contributed by atoms with E-state index in [0.29, 0.717) is 18.0 Å². The van der Waals surface area contributed by atoms with E-state index >= 15 is 0 Å². The molecule has 170 valence electrons. The highest BCUT2D eigenvalue weighted by atomic mass is 35.5. The van der Waals surface area contributed by atoms with Gasteiger partial charge in [0.2, 0.25) is 0 Å². The van der Waals surface area contributed by atoms with Crippen LogP contribution in [0.2, 0.25) is 5.02 Å². The van der Waals surface area contributed by atoms with Crippen LogP contribution in [-0.4, -0.2) is 30.1 Å². The average molecular weight is 457 g/mol. The van der Waals surface area contributed by atoms with Crippen LogP contribution in [0.15, 0.2) is 84.9 Å². The van der Waals surface area contributed by atoms with E-state index in [2.05, 4.69) is 83.0 Å². The molecule has 2 nitrogen and oxygen atoms in total. The standard InChI is InChI=1S/C30H33ClN2/c31-26-17-8-7-14-23(26)18-32-29-27-24-15-9-16-25(27)20-33(19-24)30(29)28(21-10-3-1-4-11-21)22-12-5-2-6-13-22/h1-8,10-14,17,24-25,27-30,32H,9,15-16,18-20H2/t24?,25?,27?,29-,30-/m1/s1. The second kappa shape index (κ2) is 9.25. The van der Waals surface area contributed by atoms with Gasteiger partial charge in [0.05, 0.1) is 0 Å². The van der Waals surface area contributed by atoms with Gasteiger partial charge in [-0.15, -0.1) is 0 Å². The molecule has 7 rings (SSSR count). The van der Waals surface area contributed by atoms with Crippen molar-refractivity contribution >= 4 is 11.6 Å². The number of hydrogen-bond acceptors (Lipinski definition) is 2. The molecule has 0 aromatic heterocycles. The van der Waals surface area contributed by atoms with Crippen LogP contribution < -0.4 is 5.32 Å². The van der Waals surface area contributed by atoms with Gasteiger partial charge in [-0.05, 0) is 53.4 Å². The molecule has 3 aromatic carbocycles. The molecule has 1 N–H and O–H groups in total. The molecule has 3 saturated heterocycles. The Morgan fingerprint density at radius 3 is 1.97 bits per heavy atom. The van der Waals surface area contributed by atoms with Crippen molar-refractivity contribution in [1.82, 2.24) is 10.2 Å². The summed E-state index contributed by atoms with van der Waals surface area (Å²) in [4.78, 5) is 2.85. The Bertz CT molecular complexity index is 1020. The molecule has 2 unspecified atom stereocenters. The van der Waals surface area contributed by atoms with Crippen molar-refractivity contribution in [2.45, 2.75) is 43.8 Å². The predicted molar refractivity (Wildman–Crippen MR) is 136 cm³/mol. The van der Waals surface area contributed by atoms with E-state index in [1.165, 1.54) is 49.0 Å². The van der Waals surface area contributed by atoms with Gasteiger partial charge in [-0.3, -0.25) is 4.90 Å². The minimum absolute atomic E-state index is 0.361. The molecule has 3 aliphatic heterocycles. The number of nitrogens with zero attached hydrogens (tertiary/aromatic N) is 1. The first-order valence-corrected chi connectivity index (χ1v) is 13.0. The number of benzene rings is 3. The molecular formula is C30H33ClN2. The maximum Gasteiger partial charge on any atom is 0.0450 e. The largest absolute Gasteiger partial charge is 0.308 e. The van der Waals surface area contributed by atoms with Crippen molar-refractivity contribution < 1.29 is 0 Å². The van der Waals surface area contributed by atoms with Crippen LogP contribution >= 0.6 is 11.6 Å². The van der Waals surface area contributed by atoms with Gasteiger partial charge in [-0.1, -0.05) is 96.9 Å². The number of rotatable bonds is 6. The zero-order valence-electron chi connectivity index (χ0n) is 19.1. The number of piperidine rings is 3. The van der Waals surface area contributed by atoms with E-state index in [1.807, 2.05) is 12.1 Å². The molecule has 4 bridgehead atoms. The van der Waals surface area contributed by atoms with Gasteiger partial charge in [0, 0.05) is 42.7 Å². The lowest BCUT2D eigenvalue weighted by atomic mass is 9.58. The molecule has 4 aliphatic rings. The van der Waals surface area contributed by atoms with E-state index in [0.717, 1.165) is 29.3 Å². The molecule has 3 heteroatoms. The molecule has 0 amide bonds. The predicted octanol–water partition coefficient (Wildman–Crippen LogP) is 6.36. The van der Waals surface area contributed by atoms with Crippen molar-refractivity contribution in [3.05, 3.63) is 107 Å². The summed E-state index contributed by atoms with van der Waals surface area (Å²) in [5.74, 6) is 2.76. The van der Waals surface area contributed by atoms with Crippen molar-refractivity contribution in [3.8, 4) is 0 Å². The molecule has 0 radical (unpaired) electrons. The van der Waals surface area contributed by atoms with Crippen molar-refractivity contribution in [2.24, 2.45) is 17.8 Å². The van der Waals surface area contributed by atoms with Crippen LogP contribution in [0.1, 0.15) is 41.9 Å². The summed E-state index contributed by atoms with van der Waals surface area (Å²) in [6, 6.07) is 31.6. The number of hydrogen-bond donors (Lipinski definition) is 1. The van der Waals surface area contributed by atoms with E-state index in [9.17, 15) is 0 Å². The van der Waals surface area contributed by atoms with Gasteiger partial charge in [0.15, 0.2) is 0 Å². The lowest BCUT2D eigenvalue weighted by molar-refractivity contribution is -0.0976. The van der Waals surface area contributed by atoms with E-state index in [-0.39, 0.29) is 0 Å². The molecule has 3 heterocycles. The van der Waals surface area contributed by atoms with E-state index in [4.69, 9.17) is 11.6 Å². The van der Waals surface area contributed by atoms with Crippen LogP contribution in [0.4, 0.5) is 0 Å². The quantitative estimate of drug-likeness (QED) is 0.464. The molecule has 1 aliphatic carbocycles. The number of halogens is 1. The third-order valence-electron chi connectivity index (χ3n) is 8.53. The van der Waals surface area contributed by atoms with E-state index < -0.39 is 0 Å². The number of fused-ring (bicyclic) bond motifs is 1. The Morgan fingerprint density at radius 2 is 1.36 bits per heavy atom. The lowest BCUT2D eigenvalue weighted by Gasteiger charge is -2.62. The summed E-state index contributed by atoms with van der Waals surface area (Å²) in [5, 5.41) is 4.95. The normalized spacial score (nSPS) is 30.5. The highest BCUT2D eigenvalue weighted by molar-refractivity contribution is 6.31. The smallest absolute Gasteiger partial charge is 0.0450 e. The van der Waals surface area contributed by atoms with E-state index in [1.54, 1.807) is 0 Å². The Balaban J connectivity index is 1.40. The highest BCUT2D eigenvalue weighted by Crippen LogP contribution is 2.51. The SMILES string of the molecule is Clc1ccccc1CN[C@@H]1C2C3CCCC2CN(C3)[C@@H]1C(c1ccccc1)c1ccccc1. The Hall–Kier alpha value is -2.13. The summed E-state index contributed by atoms with van der Waals surface area (Å²) in [6.07, 6.45) is 4.17. The topological polar surface area (TPSA) is 15.3 Å². The first-order valence-electron chi connectivity index (χ1n) is 12.6. The molecule has 3 aromatic rings. The van der Waals surface area contributed by atoms with Gasteiger partial charge in [-0.25, -0.2) is 0 Å². The Morgan fingerprint density at radius 1 is 0.788 bits per heavy atom. The van der Waals surface area contributed by atoms with Gasteiger partial charge >= 0.3 is 0 Å². The first-order chi connectivity index (χ1) is 16.3. The fraction of sp³-hybridized carbons (Fsp3) is 0.400. The van der Waals surface area contributed by atoms with Crippen LogP contribution in [0.25, 0.3) is 0 Å². The number of nitrogens with one attached hydrogen (secondary N) is 1. The fourth-order valence-corrected chi connectivity index (χ4v) is 7.45. The van der Waals surface area contributed by atoms with Gasteiger partial charge < -0.3 is 5.32 Å². The van der Waals surface area contributed by atoms with Crippen molar-refractivity contribution in [1.29, 1.82) is 0 Å². The minimum Gasteiger partial charge on any atom is -0.308 e. The fourth-order valence-electron chi connectivity index (χ4n) is 7.25. The Kier molecular flexibility index (Phi) is 6.00. The molecule has 1 saturated carbocycles. The van der Waals surface area contributed by atoms with Crippen LogP contribution in [-0.2, 0) is 6.54 Å². The van der Waals surface area contributed by atoms with Crippen molar-refractivity contribution in [2.75, 3.05) is 13.1 Å². The zero-order chi connectivity index (χ0) is 22.2. The lowest BCUT2D eigenvalue weighted by Crippen LogP contribution is -2.71. The Labute approximate surface area is 203 Å². The monoisotopic (exact) mass is 456 g/mol. The summed E-state index contributed by atoms with van der Waals surface area (Å²) in [5.41, 5.74) is 4.06. The van der Waals surface area contributed by atoms with Crippen LogP contribution in [0, 0.1) is 17.8 Å². The second-order valence-electron chi connectivity index (χ2n) is 10.3. The maximum atomic E-state index is 6.56. The molecule has 0 spiro atoms. The molecular weight excluding hydrogens is 424 g/mol. The maximum absolute atomic E-state index is 6.56. The summed E-state index contributed by atoms with van der Waals surface area (Å²) in [7, 11) is 0. The third kappa shape index (κ3) is 4.03. The summed E-state index contributed by atoms with van der Waals surface area (Å²) in [6.45, 7) is 3.35. The average Bonchev–Trinajstić information content (AvgIpc) is 2.85. The molecule has 4 fully saturated rings. The minimum atomic E-state index is 0.361. The van der Waals surface area contributed by atoms with Gasteiger partial charge in [0.1, 0.15) is 0 Å².